The molecular weight excluding hydrogens is 300 g/mol. The van der Waals surface area contributed by atoms with E-state index in [4.69, 9.17) is 9.47 Å². The third-order valence-electron chi connectivity index (χ3n) is 2.98. The van der Waals surface area contributed by atoms with Gasteiger partial charge in [0.05, 0.1) is 12.1 Å². The first-order chi connectivity index (χ1) is 10.5. The van der Waals surface area contributed by atoms with Gasteiger partial charge in [0.15, 0.2) is 0 Å². The Hall–Kier alpha value is -1.66. The summed E-state index contributed by atoms with van der Waals surface area (Å²) in [5.74, 6) is 0.444. The second-order valence-electron chi connectivity index (χ2n) is 4.86. The first kappa shape index (κ1) is 18.4. The summed E-state index contributed by atoms with van der Waals surface area (Å²) in [6.07, 6.45) is 1.69. The lowest BCUT2D eigenvalue weighted by atomic mass is 10.2. The molecule has 0 spiro atoms. The topological polar surface area (TPSA) is 43.7 Å². The third-order valence-corrected chi connectivity index (χ3v) is 2.98. The van der Waals surface area contributed by atoms with E-state index in [2.05, 4.69) is 12.6 Å². The van der Waals surface area contributed by atoms with Crippen molar-refractivity contribution in [3.63, 3.8) is 0 Å². The number of ether oxygens (including phenoxy) is 2. The summed E-state index contributed by atoms with van der Waals surface area (Å²) < 4.78 is 12.7. The Morgan fingerprint density at radius 1 is 1.32 bits per heavy atom. The van der Waals surface area contributed by atoms with Crippen LogP contribution in [-0.2, 0) is 11.8 Å². The fourth-order valence-electron chi connectivity index (χ4n) is 2.10. The largest absolute Gasteiger partial charge is 0.476 e. The van der Waals surface area contributed by atoms with Crippen molar-refractivity contribution in [1.29, 1.82) is 0 Å². The smallest absolute Gasteiger partial charge is 0.354 e. The van der Waals surface area contributed by atoms with E-state index in [-0.39, 0.29) is 5.97 Å². The maximum atomic E-state index is 11.9. The molecule has 0 amide bonds. The zero-order valence-corrected chi connectivity index (χ0v) is 14.7. The summed E-state index contributed by atoms with van der Waals surface area (Å²) in [5, 5.41) is 0.965. The van der Waals surface area contributed by atoms with Crippen LogP contribution in [-0.4, -0.2) is 49.1 Å². The molecule has 2 aromatic rings. The fourth-order valence-corrected chi connectivity index (χ4v) is 2.10. The highest BCUT2D eigenvalue weighted by Crippen LogP contribution is 2.28. The number of para-hydroxylation sites is 1. The van der Waals surface area contributed by atoms with Gasteiger partial charge >= 0.3 is 5.97 Å². The Morgan fingerprint density at radius 3 is 2.59 bits per heavy atom. The van der Waals surface area contributed by atoms with E-state index in [1.165, 1.54) is 0 Å². The predicted molar refractivity (Wildman–Crippen MR) is 93.0 cm³/mol. The number of benzene rings is 1. The minimum absolute atomic E-state index is 0.315. The van der Waals surface area contributed by atoms with Crippen molar-refractivity contribution < 1.29 is 14.3 Å². The number of nitrogens with zero attached hydrogens (tertiary/aromatic N) is 2. The van der Waals surface area contributed by atoms with E-state index in [1.54, 1.807) is 13.2 Å². The lowest BCUT2D eigenvalue weighted by Gasteiger charge is -2.13. The summed E-state index contributed by atoms with van der Waals surface area (Å²) in [4.78, 5) is 13.9. The molecule has 0 saturated heterocycles. The van der Waals surface area contributed by atoms with Gasteiger partial charge in [-0.15, -0.1) is 0 Å². The standard InChI is InChI=1S/C15H20N2O3.CH4S/c1-5-19-15(18)12-9-11-7-6-8-13(14(11)17(12)4)20-10-16(2)3;1-2/h6-9H,5,10H2,1-4H3;2H,1H3. The van der Waals surface area contributed by atoms with Gasteiger partial charge in [-0.05, 0) is 39.4 Å². The van der Waals surface area contributed by atoms with Crippen LogP contribution in [0.1, 0.15) is 17.4 Å². The first-order valence-electron chi connectivity index (χ1n) is 7.02. The molecular formula is C16H24N2O3S. The maximum absolute atomic E-state index is 11.9. The zero-order valence-electron chi connectivity index (χ0n) is 13.8. The molecule has 0 aliphatic rings. The number of hydrogen-bond acceptors (Lipinski definition) is 5. The monoisotopic (exact) mass is 324 g/mol. The molecule has 0 saturated carbocycles. The van der Waals surface area contributed by atoms with Crippen LogP contribution in [0.4, 0.5) is 0 Å². The summed E-state index contributed by atoms with van der Waals surface area (Å²) in [5.41, 5.74) is 1.43. The molecule has 22 heavy (non-hydrogen) atoms. The second kappa shape index (κ2) is 8.70. The van der Waals surface area contributed by atoms with Crippen LogP contribution in [0.5, 0.6) is 5.75 Å². The van der Waals surface area contributed by atoms with Gasteiger partial charge in [0.1, 0.15) is 18.2 Å². The van der Waals surface area contributed by atoms with Gasteiger partial charge in [-0.3, -0.25) is 4.90 Å². The normalized spacial score (nSPS) is 10.3. The maximum Gasteiger partial charge on any atom is 0.354 e. The van der Waals surface area contributed by atoms with Crippen LogP contribution in [0.25, 0.3) is 10.9 Å². The minimum Gasteiger partial charge on any atom is -0.476 e. The third kappa shape index (κ3) is 4.18. The van der Waals surface area contributed by atoms with Gasteiger partial charge in [0, 0.05) is 12.4 Å². The second-order valence-corrected chi connectivity index (χ2v) is 4.86. The van der Waals surface area contributed by atoms with Gasteiger partial charge in [-0.25, -0.2) is 4.79 Å². The van der Waals surface area contributed by atoms with Crippen LogP contribution >= 0.6 is 12.6 Å². The molecule has 0 unspecified atom stereocenters. The number of esters is 1. The molecule has 1 aromatic heterocycles. The molecule has 2 rings (SSSR count). The molecule has 1 heterocycles. The Bertz CT molecular complexity index is 623. The quantitative estimate of drug-likeness (QED) is 0.522. The van der Waals surface area contributed by atoms with Crippen LogP contribution in [0, 0.1) is 0 Å². The predicted octanol–water partition coefficient (Wildman–Crippen LogP) is 2.80. The molecule has 0 atom stereocenters. The molecule has 0 aliphatic heterocycles. The lowest BCUT2D eigenvalue weighted by molar-refractivity contribution is 0.0516. The Labute approximate surface area is 137 Å². The van der Waals surface area contributed by atoms with Gasteiger partial charge < -0.3 is 14.0 Å². The van der Waals surface area contributed by atoms with Crippen molar-refractivity contribution in [3.05, 3.63) is 30.0 Å². The van der Waals surface area contributed by atoms with Crippen molar-refractivity contribution in [1.82, 2.24) is 9.47 Å². The first-order valence-corrected chi connectivity index (χ1v) is 7.91. The van der Waals surface area contributed by atoms with Crippen molar-refractivity contribution in [2.24, 2.45) is 7.05 Å². The Balaban J connectivity index is 0.00000116. The van der Waals surface area contributed by atoms with Gasteiger partial charge in [-0.2, -0.15) is 12.6 Å². The van der Waals surface area contributed by atoms with E-state index in [0.717, 1.165) is 16.7 Å². The molecule has 122 valence electrons. The molecule has 0 N–H and O–H groups in total. The number of carbonyl (C=O) groups is 1. The highest BCUT2D eigenvalue weighted by Gasteiger charge is 2.16. The van der Waals surface area contributed by atoms with Crippen molar-refractivity contribution in [2.75, 3.05) is 33.7 Å². The lowest BCUT2D eigenvalue weighted by Crippen LogP contribution is -2.18. The van der Waals surface area contributed by atoms with Gasteiger partial charge in [-0.1, -0.05) is 12.1 Å². The molecule has 6 heteroatoms. The summed E-state index contributed by atoms with van der Waals surface area (Å²) >= 11 is 3.53. The average molecular weight is 324 g/mol. The number of thiol groups is 1. The van der Waals surface area contributed by atoms with Crippen LogP contribution < -0.4 is 4.74 Å². The SMILES string of the molecule is CCOC(=O)c1cc2cccc(OCN(C)C)c2n1C.CS. The number of fused-ring (bicyclic) bond motifs is 1. The van der Waals surface area contributed by atoms with Gasteiger partial charge in [0.25, 0.3) is 0 Å². The molecule has 5 nitrogen and oxygen atoms in total. The van der Waals surface area contributed by atoms with Crippen molar-refractivity contribution >= 4 is 29.5 Å². The Morgan fingerprint density at radius 2 is 2.00 bits per heavy atom. The fraction of sp³-hybridized carbons (Fsp3) is 0.438. The van der Waals surface area contributed by atoms with Crippen molar-refractivity contribution in [2.45, 2.75) is 6.92 Å². The van der Waals surface area contributed by atoms with E-state index in [0.29, 0.717) is 19.0 Å². The molecule has 0 bridgehead atoms. The number of aromatic nitrogens is 1. The van der Waals surface area contributed by atoms with Crippen LogP contribution in [0.3, 0.4) is 0 Å². The minimum atomic E-state index is -0.315. The molecule has 0 aliphatic carbocycles. The van der Waals surface area contributed by atoms with E-state index in [1.807, 2.05) is 54.9 Å². The van der Waals surface area contributed by atoms with E-state index in [9.17, 15) is 4.79 Å². The summed E-state index contributed by atoms with van der Waals surface area (Å²) in [6, 6.07) is 7.61. The number of carbonyl (C=O) groups excluding carboxylic acids is 1. The Kier molecular flexibility index (Phi) is 7.27. The van der Waals surface area contributed by atoms with Crippen molar-refractivity contribution in [3.8, 4) is 5.75 Å². The van der Waals surface area contributed by atoms with E-state index < -0.39 is 0 Å². The van der Waals surface area contributed by atoms with Crippen LogP contribution in [0.2, 0.25) is 0 Å². The number of aryl methyl sites for hydroxylation is 1. The van der Waals surface area contributed by atoms with Crippen LogP contribution in [0.15, 0.2) is 24.3 Å². The van der Waals surface area contributed by atoms with Gasteiger partial charge in [0.2, 0.25) is 0 Å². The molecule has 0 radical (unpaired) electrons. The summed E-state index contributed by atoms with van der Waals surface area (Å²) in [7, 11) is 5.72. The molecule has 0 fully saturated rings. The van der Waals surface area contributed by atoms with E-state index >= 15 is 0 Å². The molecule has 1 aromatic carbocycles. The average Bonchev–Trinajstić information content (AvgIpc) is 2.85. The number of rotatable bonds is 5. The highest BCUT2D eigenvalue weighted by molar-refractivity contribution is 7.79. The highest BCUT2D eigenvalue weighted by atomic mass is 32.1. The summed E-state index contributed by atoms with van der Waals surface area (Å²) in [6.45, 7) is 2.65. The number of hydrogen-bond donors (Lipinski definition) is 1. The zero-order chi connectivity index (χ0) is 16.7.